The number of hydrogen-bond acceptors (Lipinski definition) is 5. The first-order valence-electron chi connectivity index (χ1n) is 6.97. The zero-order valence-corrected chi connectivity index (χ0v) is 13.5. The van der Waals surface area contributed by atoms with Crippen molar-refractivity contribution in [2.24, 2.45) is 11.7 Å². The molecule has 2 atom stereocenters. The average Bonchev–Trinajstić information content (AvgIpc) is 2.96. The molecule has 6 nitrogen and oxygen atoms in total. The molecule has 0 bridgehead atoms. The molecule has 7 heteroatoms. The summed E-state index contributed by atoms with van der Waals surface area (Å²) in [6, 6.07) is 9.57. The molecular weight excluding hydrogens is 304 g/mol. The van der Waals surface area contributed by atoms with E-state index >= 15 is 0 Å². The van der Waals surface area contributed by atoms with Crippen molar-refractivity contribution in [2.75, 3.05) is 6.54 Å². The van der Waals surface area contributed by atoms with E-state index in [2.05, 4.69) is 15.5 Å². The van der Waals surface area contributed by atoms with Crippen LogP contribution in [0.25, 0.3) is 0 Å². The van der Waals surface area contributed by atoms with Crippen molar-refractivity contribution < 1.29 is 9.32 Å². The van der Waals surface area contributed by atoms with Gasteiger partial charge in [-0.1, -0.05) is 42.4 Å². The molecule has 1 heterocycles. The monoisotopic (exact) mass is 324 g/mol. The Morgan fingerprint density at radius 3 is 2.64 bits per heavy atom. The molecule has 0 spiro atoms. The smallest absolute Gasteiger partial charge is 0.231 e. The molecule has 2 unspecified atom stereocenters. The third-order valence-electron chi connectivity index (χ3n) is 3.23. The minimum Gasteiger partial charge on any atom is -0.346 e. The third-order valence-corrected chi connectivity index (χ3v) is 3.23. The number of halogens is 1. The lowest BCUT2D eigenvalue weighted by atomic mass is 10.1. The first-order valence-corrected chi connectivity index (χ1v) is 6.97. The number of nitrogens with zero attached hydrogens (tertiary/aromatic N) is 2. The molecule has 0 radical (unpaired) electrons. The molecule has 1 amide bonds. The molecule has 0 saturated heterocycles. The molecule has 0 fully saturated rings. The van der Waals surface area contributed by atoms with E-state index < -0.39 is 0 Å². The highest BCUT2D eigenvalue weighted by Gasteiger charge is 2.18. The molecule has 1 aromatic heterocycles. The van der Waals surface area contributed by atoms with Gasteiger partial charge in [-0.2, -0.15) is 4.98 Å². The molecular formula is C15H21ClN4O2. The van der Waals surface area contributed by atoms with Crippen LogP contribution in [-0.4, -0.2) is 22.6 Å². The summed E-state index contributed by atoms with van der Waals surface area (Å²) in [5.74, 6) is 0.658. The van der Waals surface area contributed by atoms with Gasteiger partial charge in [-0.05, 0) is 12.5 Å². The zero-order chi connectivity index (χ0) is 15.2. The van der Waals surface area contributed by atoms with Crippen LogP contribution in [0.3, 0.4) is 0 Å². The van der Waals surface area contributed by atoms with Gasteiger partial charge in [0.1, 0.15) is 0 Å². The highest BCUT2D eigenvalue weighted by atomic mass is 35.5. The average molecular weight is 325 g/mol. The number of hydrogen-bond donors (Lipinski definition) is 2. The first kappa shape index (κ1) is 18.1. The molecule has 0 aliphatic rings. The Morgan fingerprint density at radius 2 is 2.00 bits per heavy atom. The highest BCUT2D eigenvalue weighted by Crippen LogP contribution is 2.12. The maximum atomic E-state index is 11.8. The normalized spacial score (nSPS) is 13.0. The molecule has 1 aromatic carbocycles. The van der Waals surface area contributed by atoms with E-state index in [-0.39, 0.29) is 30.3 Å². The summed E-state index contributed by atoms with van der Waals surface area (Å²) in [7, 11) is 0. The van der Waals surface area contributed by atoms with Crippen LogP contribution in [-0.2, 0) is 11.2 Å². The Labute approximate surface area is 135 Å². The van der Waals surface area contributed by atoms with Gasteiger partial charge in [-0.25, -0.2) is 0 Å². The second-order valence-corrected chi connectivity index (χ2v) is 5.08. The van der Waals surface area contributed by atoms with E-state index in [1.54, 1.807) is 6.92 Å². The lowest BCUT2D eigenvalue weighted by Crippen LogP contribution is -2.35. The predicted octanol–water partition coefficient (Wildman–Crippen LogP) is 1.85. The predicted molar refractivity (Wildman–Crippen MR) is 85.6 cm³/mol. The molecule has 0 aliphatic heterocycles. The van der Waals surface area contributed by atoms with Crippen LogP contribution in [0.5, 0.6) is 0 Å². The number of carbonyl (C=O) groups excluding carboxylic acids is 1. The van der Waals surface area contributed by atoms with Crippen LogP contribution < -0.4 is 11.1 Å². The summed E-state index contributed by atoms with van der Waals surface area (Å²) in [4.78, 5) is 16.1. The van der Waals surface area contributed by atoms with Crippen molar-refractivity contribution in [3.63, 3.8) is 0 Å². The Kier molecular flexibility index (Phi) is 7.01. The van der Waals surface area contributed by atoms with Crippen LogP contribution in [0.2, 0.25) is 0 Å². The minimum atomic E-state index is -0.306. The number of rotatable bonds is 6. The number of carbonyl (C=O) groups is 1. The van der Waals surface area contributed by atoms with Crippen molar-refractivity contribution in [3.05, 3.63) is 47.6 Å². The zero-order valence-electron chi connectivity index (χ0n) is 12.7. The fourth-order valence-corrected chi connectivity index (χ4v) is 1.81. The Bertz CT molecular complexity index is 588. The van der Waals surface area contributed by atoms with E-state index in [1.807, 2.05) is 37.3 Å². The van der Waals surface area contributed by atoms with Gasteiger partial charge in [0.2, 0.25) is 11.8 Å². The minimum absolute atomic E-state index is 0. The molecule has 120 valence electrons. The summed E-state index contributed by atoms with van der Waals surface area (Å²) in [5, 5.41) is 6.74. The van der Waals surface area contributed by atoms with Crippen LogP contribution >= 0.6 is 12.4 Å². The number of amides is 1. The number of aromatic nitrogens is 2. The van der Waals surface area contributed by atoms with Gasteiger partial charge < -0.3 is 15.6 Å². The van der Waals surface area contributed by atoms with Gasteiger partial charge in [-0.15, -0.1) is 12.4 Å². The van der Waals surface area contributed by atoms with Crippen molar-refractivity contribution in [1.82, 2.24) is 15.5 Å². The largest absolute Gasteiger partial charge is 0.346 e. The van der Waals surface area contributed by atoms with Crippen molar-refractivity contribution in [2.45, 2.75) is 26.3 Å². The highest BCUT2D eigenvalue weighted by molar-refractivity contribution is 5.85. The summed E-state index contributed by atoms with van der Waals surface area (Å²) < 4.78 is 5.22. The maximum Gasteiger partial charge on any atom is 0.231 e. The van der Waals surface area contributed by atoms with E-state index in [4.69, 9.17) is 10.3 Å². The standard InChI is InChI=1S/C15H20N4O2.ClH/c1-10(9-16)15(20)17-11(2)14-18-13(21-19-14)8-12-6-4-3-5-7-12;/h3-7,10-11H,8-9,16H2,1-2H3,(H,17,20);1H. The molecule has 3 N–H and O–H groups in total. The number of benzene rings is 1. The van der Waals surface area contributed by atoms with Gasteiger partial charge in [0, 0.05) is 12.5 Å². The lowest BCUT2D eigenvalue weighted by Gasteiger charge is -2.13. The molecule has 2 aromatic rings. The van der Waals surface area contributed by atoms with Crippen LogP contribution in [0.1, 0.15) is 37.2 Å². The maximum absolute atomic E-state index is 11.8. The van der Waals surface area contributed by atoms with Gasteiger partial charge in [-0.3, -0.25) is 4.79 Å². The fourth-order valence-electron chi connectivity index (χ4n) is 1.81. The quantitative estimate of drug-likeness (QED) is 0.845. The third kappa shape index (κ3) is 4.82. The van der Waals surface area contributed by atoms with Gasteiger partial charge >= 0.3 is 0 Å². The summed E-state index contributed by atoms with van der Waals surface area (Å²) >= 11 is 0. The van der Waals surface area contributed by atoms with E-state index in [0.29, 0.717) is 24.7 Å². The van der Waals surface area contributed by atoms with Gasteiger partial charge in [0.25, 0.3) is 0 Å². The number of nitrogens with one attached hydrogen (secondary N) is 1. The SMILES string of the molecule is CC(CN)C(=O)NC(C)c1noc(Cc2ccccc2)n1.Cl. The van der Waals surface area contributed by atoms with Gasteiger partial charge in [0.15, 0.2) is 5.82 Å². The lowest BCUT2D eigenvalue weighted by molar-refractivity contribution is -0.124. The van der Waals surface area contributed by atoms with E-state index in [9.17, 15) is 4.79 Å². The topological polar surface area (TPSA) is 94.0 Å². The van der Waals surface area contributed by atoms with E-state index in [0.717, 1.165) is 5.56 Å². The van der Waals surface area contributed by atoms with Crippen molar-refractivity contribution in [3.8, 4) is 0 Å². The molecule has 0 saturated carbocycles. The van der Waals surface area contributed by atoms with Crippen LogP contribution in [0.4, 0.5) is 0 Å². The van der Waals surface area contributed by atoms with Crippen LogP contribution in [0, 0.1) is 5.92 Å². The Balaban J connectivity index is 0.00000242. The first-order chi connectivity index (χ1) is 10.1. The Hall–Kier alpha value is -1.92. The molecule has 2 rings (SSSR count). The van der Waals surface area contributed by atoms with Crippen LogP contribution in [0.15, 0.2) is 34.9 Å². The second-order valence-electron chi connectivity index (χ2n) is 5.08. The summed E-state index contributed by atoms with van der Waals surface area (Å²) in [6.45, 7) is 3.90. The van der Waals surface area contributed by atoms with E-state index in [1.165, 1.54) is 0 Å². The van der Waals surface area contributed by atoms with Crippen molar-refractivity contribution in [1.29, 1.82) is 0 Å². The summed E-state index contributed by atoms with van der Waals surface area (Å²) in [6.07, 6.45) is 0.577. The fraction of sp³-hybridized carbons (Fsp3) is 0.400. The second kappa shape index (κ2) is 8.51. The summed E-state index contributed by atoms with van der Waals surface area (Å²) in [5.41, 5.74) is 6.57. The molecule has 22 heavy (non-hydrogen) atoms. The molecule has 0 aliphatic carbocycles. The number of nitrogens with two attached hydrogens (primary N) is 1. The Morgan fingerprint density at radius 1 is 1.32 bits per heavy atom. The van der Waals surface area contributed by atoms with Gasteiger partial charge in [0.05, 0.1) is 12.5 Å². The van der Waals surface area contributed by atoms with Crippen molar-refractivity contribution >= 4 is 18.3 Å².